The number of hydrogen-bond donors (Lipinski definition) is 1. The van der Waals surface area contributed by atoms with Crippen LogP contribution in [0.1, 0.15) is 54.5 Å². The molecule has 4 rings (SSSR count). The lowest BCUT2D eigenvalue weighted by atomic mass is 10.0. The first-order valence-corrected chi connectivity index (χ1v) is 8.45. The standard InChI is InChI=1S/C18H22N4O/c1-12-2-4-14(5-3-12)18(15-8-9-15)19-17(23)11-22-10-16(20-21-22)13-6-7-13/h2-5,10,13,15,18H,6-9,11H2,1H3,(H,19,23)/t18-/m1/s1. The predicted octanol–water partition coefficient (Wildman–Crippen LogP) is 2.73. The third-order valence-corrected chi connectivity index (χ3v) is 4.70. The second kappa shape index (κ2) is 5.80. The van der Waals surface area contributed by atoms with Gasteiger partial charge in [-0.15, -0.1) is 5.10 Å². The van der Waals surface area contributed by atoms with Crippen LogP contribution in [0.15, 0.2) is 30.5 Å². The van der Waals surface area contributed by atoms with Crippen molar-refractivity contribution in [2.45, 2.75) is 51.1 Å². The number of hydrogen-bond acceptors (Lipinski definition) is 3. The highest BCUT2D eigenvalue weighted by molar-refractivity contribution is 5.76. The quantitative estimate of drug-likeness (QED) is 0.892. The van der Waals surface area contributed by atoms with Crippen LogP contribution in [-0.4, -0.2) is 20.9 Å². The summed E-state index contributed by atoms with van der Waals surface area (Å²) in [5.74, 6) is 1.15. The van der Waals surface area contributed by atoms with E-state index in [-0.39, 0.29) is 18.5 Å². The normalized spacial score (nSPS) is 18.7. The van der Waals surface area contributed by atoms with Crippen molar-refractivity contribution in [1.82, 2.24) is 20.3 Å². The number of carbonyl (C=O) groups is 1. The first-order chi connectivity index (χ1) is 11.2. The van der Waals surface area contributed by atoms with Crippen molar-refractivity contribution >= 4 is 5.91 Å². The Balaban J connectivity index is 1.41. The van der Waals surface area contributed by atoms with Crippen LogP contribution < -0.4 is 5.32 Å². The van der Waals surface area contributed by atoms with Gasteiger partial charge in [-0.05, 0) is 44.1 Å². The number of benzene rings is 1. The molecule has 5 heteroatoms. The molecule has 0 aliphatic heterocycles. The Bertz CT molecular complexity index is 698. The summed E-state index contributed by atoms with van der Waals surface area (Å²) < 4.78 is 1.65. The molecule has 0 bridgehead atoms. The fraction of sp³-hybridized carbons (Fsp3) is 0.500. The summed E-state index contributed by atoms with van der Waals surface area (Å²) >= 11 is 0. The van der Waals surface area contributed by atoms with Gasteiger partial charge >= 0.3 is 0 Å². The van der Waals surface area contributed by atoms with E-state index in [0.717, 1.165) is 5.69 Å². The average molecular weight is 310 g/mol. The highest BCUT2D eigenvalue weighted by atomic mass is 16.2. The van der Waals surface area contributed by atoms with Crippen molar-refractivity contribution in [2.75, 3.05) is 0 Å². The van der Waals surface area contributed by atoms with E-state index in [1.807, 2.05) is 6.20 Å². The van der Waals surface area contributed by atoms with Crippen LogP contribution in [0, 0.1) is 12.8 Å². The summed E-state index contributed by atoms with van der Waals surface area (Å²) in [6, 6.07) is 8.58. The number of carbonyl (C=O) groups excluding carboxylic acids is 1. The van der Waals surface area contributed by atoms with Crippen molar-refractivity contribution < 1.29 is 4.79 Å². The molecule has 0 spiro atoms. The maximum Gasteiger partial charge on any atom is 0.242 e. The first kappa shape index (κ1) is 14.4. The highest BCUT2D eigenvalue weighted by Gasteiger charge is 2.33. The van der Waals surface area contributed by atoms with Crippen molar-refractivity contribution in [2.24, 2.45) is 5.92 Å². The minimum absolute atomic E-state index is 0.00900. The Hall–Kier alpha value is -2.17. The summed E-state index contributed by atoms with van der Waals surface area (Å²) in [5, 5.41) is 11.4. The summed E-state index contributed by atoms with van der Waals surface area (Å²) in [7, 11) is 0. The molecule has 1 aromatic heterocycles. The third kappa shape index (κ3) is 3.44. The number of aromatic nitrogens is 3. The van der Waals surface area contributed by atoms with E-state index in [1.54, 1.807) is 4.68 Å². The molecule has 23 heavy (non-hydrogen) atoms. The Morgan fingerprint density at radius 1 is 1.26 bits per heavy atom. The van der Waals surface area contributed by atoms with E-state index in [9.17, 15) is 4.79 Å². The smallest absolute Gasteiger partial charge is 0.242 e. The zero-order chi connectivity index (χ0) is 15.8. The molecule has 2 aromatic rings. The molecule has 1 heterocycles. The molecule has 1 atom stereocenters. The van der Waals surface area contributed by atoms with Gasteiger partial charge in [-0.25, -0.2) is 4.68 Å². The maximum absolute atomic E-state index is 12.4. The molecule has 2 aliphatic carbocycles. The lowest BCUT2D eigenvalue weighted by Crippen LogP contribution is -2.32. The van der Waals surface area contributed by atoms with Crippen LogP contribution in [0.25, 0.3) is 0 Å². The fourth-order valence-electron chi connectivity index (χ4n) is 3.00. The summed E-state index contributed by atoms with van der Waals surface area (Å²) in [6.45, 7) is 2.32. The summed E-state index contributed by atoms with van der Waals surface area (Å²) in [5.41, 5.74) is 3.46. The van der Waals surface area contributed by atoms with E-state index in [1.165, 1.54) is 36.8 Å². The molecule has 5 nitrogen and oxygen atoms in total. The second-order valence-corrected chi connectivity index (χ2v) is 6.91. The Labute approximate surface area is 136 Å². The van der Waals surface area contributed by atoms with Gasteiger partial charge in [0.05, 0.1) is 11.7 Å². The van der Waals surface area contributed by atoms with E-state index in [4.69, 9.17) is 0 Å². The van der Waals surface area contributed by atoms with E-state index >= 15 is 0 Å². The van der Waals surface area contributed by atoms with Gasteiger partial charge in [0.15, 0.2) is 0 Å². The Morgan fingerprint density at radius 3 is 2.65 bits per heavy atom. The van der Waals surface area contributed by atoms with E-state index in [2.05, 4.69) is 46.8 Å². The zero-order valence-electron chi connectivity index (χ0n) is 13.4. The van der Waals surface area contributed by atoms with Crippen LogP contribution in [0.2, 0.25) is 0 Å². The van der Waals surface area contributed by atoms with Crippen LogP contribution in [0.4, 0.5) is 0 Å². The van der Waals surface area contributed by atoms with Gasteiger partial charge in [-0.3, -0.25) is 4.79 Å². The molecule has 0 radical (unpaired) electrons. The summed E-state index contributed by atoms with van der Waals surface area (Å²) in [4.78, 5) is 12.4. The number of nitrogens with zero attached hydrogens (tertiary/aromatic N) is 3. The number of rotatable bonds is 6. The Morgan fingerprint density at radius 2 is 2.00 bits per heavy atom. The topological polar surface area (TPSA) is 59.8 Å². The van der Waals surface area contributed by atoms with Crippen LogP contribution >= 0.6 is 0 Å². The average Bonchev–Trinajstić information content (AvgIpc) is 3.45. The second-order valence-electron chi connectivity index (χ2n) is 6.91. The van der Waals surface area contributed by atoms with E-state index < -0.39 is 0 Å². The highest BCUT2D eigenvalue weighted by Crippen LogP contribution is 2.41. The Kier molecular flexibility index (Phi) is 3.63. The van der Waals surface area contributed by atoms with Crippen LogP contribution in [0.5, 0.6) is 0 Å². The van der Waals surface area contributed by atoms with Gasteiger partial charge in [0.1, 0.15) is 6.54 Å². The molecule has 120 valence electrons. The van der Waals surface area contributed by atoms with Gasteiger partial charge in [-0.2, -0.15) is 0 Å². The third-order valence-electron chi connectivity index (χ3n) is 4.70. The van der Waals surface area contributed by atoms with Gasteiger partial charge in [0.25, 0.3) is 0 Å². The zero-order valence-corrected chi connectivity index (χ0v) is 13.4. The van der Waals surface area contributed by atoms with Crippen molar-refractivity contribution in [3.05, 3.63) is 47.3 Å². The maximum atomic E-state index is 12.4. The monoisotopic (exact) mass is 310 g/mol. The lowest BCUT2D eigenvalue weighted by molar-refractivity contribution is -0.122. The molecule has 1 aromatic carbocycles. The number of aryl methyl sites for hydroxylation is 1. The van der Waals surface area contributed by atoms with E-state index in [0.29, 0.717) is 11.8 Å². The molecule has 1 amide bonds. The minimum Gasteiger partial charge on any atom is -0.347 e. The largest absolute Gasteiger partial charge is 0.347 e. The van der Waals surface area contributed by atoms with Crippen molar-refractivity contribution in [1.29, 1.82) is 0 Å². The molecule has 2 aliphatic rings. The van der Waals surface area contributed by atoms with Gasteiger partial charge in [-0.1, -0.05) is 35.0 Å². The molecule has 1 N–H and O–H groups in total. The molecule has 2 saturated carbocycles. The van der Waals surface area contributed by atoms with Crippen LogP contribution in [-0.2, 0) is 11.3 Å². The molecule has 0 saturated heterocycles. The van der Waals surface area contributed by atoms with Crippen LogP contribution in [0.3, 0.4) is 0 Å². The molecular formula is C18H22N4O. The molecule has 0 unspecified atom stereocenters. The van der Waals surface area contributed by atoms with Gasteiger partial charge in [0.2, 0.25) is 5.91 Å². The number of amides is 1. The molecular weight excluding hydrogens is 288 g/mol. The van der Waals surface area contributed by atoms with Crippen molar-refractivity contribution in [3.63, 3.8) is 0 Å². The lowest BCUT2D eigenvalue weighted by Gasteiger charge is -2.19. The first-order valence-electron chi connectivity index (χ1n) is 8.45. The fourth-order valence-corrected chi connectivity index (χ4v) is 3.00. The van der Waals surface area contributed by atoms with Crippen molar-refractivity contribution in [3.8, 4) is 0 Å². The summed E-state index contributed by atoms with van der Waals surface area (Å²) in [6.07, 6.45) is 6.68. The minimum atomic E-state index is 0.00900. The molecule has 2 fully saturated rings. The van der Waals surface area contributed by atoms with Gasteiger partial charge < -0.3 is 5.32 Å². The SMILES string of the molecule is Cc1ccc([C@@H](NC(=O)Cn2cc(C3CC3)nn2)C2CC2)cc1. The number of nitrogens with one attached hydrogen (secondary N) is 1. The van der Waals surface area contributed by atoms with Gasteiger partial charge in [0, 0.05) is 12.1 Å². The predicted molar refractivity (Wildman–Crippen MR) is 86.8 cm³/mol.